The van der Waals surface area contributed by atoms with Crippen LogP contribution in [-0.2, 0) is 20.1 Å². The molecule has 0 atom stereocenters. The quantitative estimate of drug-likeness (QED) is 0.502. The Labute approximate surface area is 177 Å². The van der Waals surface area contributed by atoms with Gasteiger partial charge in [0.1, 0.15) is 5.76 Å². The second-order valence-electron chi connectivity index (χ2n) is 6.97. The summed E-state index contributed by atoms with van der Waals surface area (Å²) < 4.78 is 6.36. The van der Waals surface area contributed by atoms with Crippen LogP contribution in [0.5, 0.6) is 0 Å². The van der Waals surface area contributed by atoms with Crippen LogP contribution in [0.4, 0.5) is 0 Å². The van der Waals surface area contributed by atoms with E-state index in [4.69, 9.17) is 4.42 Å². The van der Waals surface area contributed by atoms with E-state index < -0.39 is 5.91 Å². The molecule has 0 aliphatic rings. The van der Waals surface area contributed by atoms with Crippen LogP contribution < -0.4 is 16.2 Å². The summed E-state index contributed by atoms with van der Waals surface area (Å²) in [5.41, 5.74) is 1.14. The Balaban J connectivity index is 1.46. The molecule has 0 saturated heterocycles. The van der Waals surface area contributed by atoms with Crippen molar-refractivity contribution in [1.82, 2.24) is 20.4 Å². The number of carbonyl (C=O) groups is 2. The Morgan fingerprint density at radius 2 is 1.71 bits per heavy atom. The molecule has 0 spiro atoms. The van der Waals surface area contributed by atoms with Gasteiger partial charge in [-0.15, -0.1) is 0 Å². The van der Waals surface area contributed by atoms with Crippen LogP contribution in [0.1, 0.15) is 32.2 Å². The largest absolute Gasteiger partial charge is 0.467 e. The molecule has 0 bridgehead atoms. The van der Waals surface area contributed by atoms with Gasteiger partial charge in [0.25, 0.3) is 17.4 Å². The smallest absolute Gasteiger partial charge is 0.274 e. The van der Waals surface area contributed by atoms with Crippen LogP contribution in [0.3, 0.4) is 0 Å². The highest BCUT2D eigenvalue weighted by Gasteiger charge is 2.15. The van der Waals surface area contributed by atoms with Crippen LogP contribution in [0.25, 0.3) is 10.8 Å². The minimum atomic E-state index is -0.403. The second-order valence-corrected chi connectivity index (χ2v) is 6.97. The van der Waals surface area contributed by atoms with Gasteiger partial charge < -0.3 is 15.1 Å². The van der Waals surface area contributed by atoms with Crippen molar-refractivity contribution in [2.24, 2.45) is 7.05 Å². The molecule has 2 heterocycles. The number of carbonyl (C=O) groups excluding carboxylic acids is 2. The van der Waals surface area contributed by atoms with Crippen LogP contribution in [-0.4, -0.2) is 21.6 Å². The zero-order chi connectivity index (χ0) is 21.8. The summed E-state index contributed by atoms with van der Waals surface area (Å²) in [7, 11) is 1.51. The summed E-state index contributed by atoms with van der Waals surface area (Å²) in [6.45, 7) is 0.495. The molecule has 0 unspecified atom stereocenters. The number of rotatable bonds is 6. The number of hydrogen-bond donors (Lipinski definition) is 2. The summed E-state index contributed by atoms with van der Waals surface area (Å²) in [5.74, 6) is 0.0172. The lowest BCUT2D eigenvalue weighted by Gasteiger charge is -2.10. The molecule has 0 saturated carbocycles. The molecule has 0 fully saturated rings. The molecule has 2 aromatic heterocycles. The first-order valence-corrected chi connectivity index (χ1v) is 9.66. The summed E-state index contributed by atoms with van der Waals surface area (Å²) in [6, 6.07) is 17.4. The van der Waals surface area contributed by atoms with E-state index in [1.54, 1.807) is 60.9 Å². The Bertz CT molecular complexity index is 1310. The van der Waals surface area contributed by atoms with Gasteiger partial charge in [-0.2, -0.15) is 5.10 Å². The molecule has 2 N–H and O–H groups in total. The first kappa shape index (κ1) is 20.1. The molecule has 2 aromatic carbocycles. The van der Waals surface area contributed by atoms with Gasteiger partial charge in [-0.1, -0.05) is 30.3 Å². The number of benzene rings is 2. The third kappa shape index (κ3) is 4.37. The molecule has 4 aromatic rings. The second kappa shape index (κ2) is 8.66. The van der Waals surface area contributed by atoms with Crippen LogP contribution >= 0.6 is 0 Å². The third-order valence-corrected chi connectivity index (χ3v) is 4.82. The van der Waals surface area contributed by atoms with Crippen LogP contribution in [0.2, 0.25) is 0 Å². The summed E-state index contributed by atoms with van der Waals surface area (Å²) in [4.78, 5) is 37.4. The van der Waals surface area contributed by atoms with Crippen molar-refractivity contribution in [3.63, 3.8) is 0 Å². The maximum Gasteiger partial charge on any atom is 0.274 e. The third-order valence-electron chi connectivity index (χ3n) is 4.82. The fraction of sp³-hybridized carbons (Fsp3) is 0.130. The maximum atomic E-state index is 12.8. The Hall–Kier alpha value is -4.20. The lowest BCUT2D eigenvalue weighted by Crippen LogP contribution is -2.29. The summed E-state index contributed by atoms with van der Waals surface area (Å²) in [6.07, 6.45) is 1.55. The summed E-state index contributed by atoms with van der Waals surface area (Å²) >= 11 is 0. The molecular weight excluding hydrogens is 396 g/mol. The average Bonchev–Trinajstić information content (AvgIpc) is 3.32. The minimum absolute atomic E-state index is 0.171. The van der Waals surface area contributed by atoms with Gasteiger partial charge in [-0.3, -0.25) is 14.4 Å². The van der Waals surface area contributed by atoms with Crippen molar-refractivity contribution in [3.05, 3.63) is 99.9 Å². The van der Waals surface area contributed by atoms with E-state index in [-0.39, 0.29) is 30.2 Å². The molecule has 0 aliphatic carbocycles. The number of fused-ring (bicyclic) bond motifs is 1. The number of nitrogens with zero attached hydrogens (tertiary/aromatic N) is 2. The van der Waals surface area contributed by atoms with Crippen molar-refractivity contribution in [2.45, 2.75) is 13.1 Å². The van der Waals surface area contributed by atoms with Crippen molar-refractivity contribution in [3.8, 4) is 0 Å². The van der Waals surface area contributed by atoms with Crippen molar-refractivity contribution in [2.75, 3.05) is 0 Å². The Kier molecular flexibility index (Phi) is 5.61. The molecule has 8 heteroatoms. The normalized spacial score (nSPS) is 10.7. The molecular formula is C23H20N4O4. The van der Waals surface area contributed by atoms with Crippen LogP contribution in [0.15, 0.2) is 76.1 Å². The molecule has 4 rings (SSSR count). The molecule has 156 valence electrons. The van der Waals surface area contributed by atoms with Gasteiger partial charge in [0, 0.05) is 24.5 Å². The first-order chi connectivity index (χ1) is 15.0. The van der Waals surface area contributed by atoms with Crippen molar-refractivity contribution in [1.29, 1.82) is 0 Å². The SMILES string of the molecule is Cn1nc(C(=O)NCc2cccc(C(=O)NCc3ccco3)c2)c2ccccc2c1=O. The average molecular weight is 416 g/mol. The van der Waals surface area contributed by atoms with Gasteiger partial charge in [0.2, 0.25) is 0 Å². The number of aryl methyl sites for hydroxylation is 1. The Morgan fingerprint density at radius 1 is 0.935 bits per heavy atom. The lowest BCUT2D eigenvalue weighted by atomic mass is 10.1. The number of aromatic nitrogens is 2. The zero-order valence-electron chi connectivity index (χ0n) is 16.8. The van der Waals surface area contributed by atoms with Gasteiger partial charge >= 0.3 is 0 Å². The van der Waals surface area contributed by atoms with Crippen molar-refractivity contribution < 1.29 is 14.0 Å². The molecule has 8 nitrogen and oxygen atoms in total. The van der Waals surface area contributed by atoms with E-state index in [1.165, 1.54) is 7.05 Å². The summed E-state index contributed by atoms with van der Waals surface area (Å²) in [5, 5.41) is 10.7. The molecule has 2 amide bonds. The highest BCUT2D eigenvalue weighted by molar-refractivity contribution is 6.04. The maximum absolute atomic E-state index is 12.8. The Morgan fingerprint density at radius 3 is 2.48 bits per heavy atom. The van der Waals surface area contributed by atoms with E-state index in [1.807, 2.05) is 6.07 Å². The minimum Gasteiger partial charge on any atom is -0.467 e. The standard InChI is InChI=1S/C23H20N4O4/c1-27-23(30)19-10-3-2-9-18(19)20(26-27)22(29)24-13-15-6-4-7-16(12-15)21(28)25-14-17-8-5-11-31-17/h2-12H,13-14H2,1H3,(H,24,29)(H,25,28). The van der Waals surface area contributed by atoms with Gasteiger partial charge in [-0.25, -0.2) is 4.68 Å². The highest BCUT2D eigenvalue weighted by Crippen LogP contribution is 2.13. The van der Waals surface area contributed by atoms with Gasteiger partial charge in [0.15, 0.2) is 5.69 Å². The number of nitrogens with one attached hydrogen (secondary N) is 2. The highest BCUT2D eigenvalue weighted by atomic mass is 16.3. The number of hydrogen-bond acceptors (Lipinski definition) is 5. The van der Waals surface area contributed by atoms with E-state index in [0.29, 0.717) is 22.1 Å². The molecule has 0 radical (unpaired) electrons. The fourth-order valence-corrected chi connectivity index (χ4v) is 3.24. The molecule has 0 aliphatic heterocycles. The topological polar surface area (TPSA) is 106 Å². The molecule has 31 heavy (non-hydrogen) atoms. The van der Waals surface area contributed by atoms with E-state index in [9.17, 15) is 14.4 Å². The predicted molar refractivity (Wildman–Crippen MR) is 114 cm³/mol. The number of furan rings is 1. The number of amides is 2. The predicted octanol–water partition coefficient (Wildman–Crippen LogP) is 2.39. The van der Waals surface area contributed by atoms with E-state index >= 15 is 0 Å². The van der Waals surface area contributed by atoms with E-state index in [0.717, 1.165) is 10.2 Å². The lowest BCUT2D eigenvalue weighted by molar-refractivity contribution is 0.0941. The van der Waals surface area contributed by atoms with Gasteiger partial charge in [-0.05, 0) is 35.9 Å². The zero-order valence-corrected chi connectivity index (χ0v) is 16.8. The van der Waals surface area contributed by atoms with Crippen molar-refractivity contribution >= 4 is 22.6 Å². The monoisotopic (exact) mass is 416 g/mol. The van der Waals surface area contributed by atoms with Crippen LogP contribution in [0, 0.1) is 0 Å². The van der Waals surface area contributed by atoms with Gasteiger partial charge in [0.05, 0.1) is 18.2 Å². The fourth-order valence-electron chi connectivity index (χ4n) is 3.24. The van der Waals surface area contributed by atoms with E-state index in [2.05, 4.69) is 15.7 Å². The first-order valence-electron chi connectivity index (χ1n) is 9.66.